The average molecular weight is 268 g/mol. The van der Waals surface area contributed by atoms with Gasteiger partial charge in [-0.25, -0.2) is 4.68 Å². The average Bonchev–Trinajstić information content (AvgIpc) is 3.09. The van der Waals surface area contributed by atoms with Gasteiger partial charge in [-0.15, -0.1) is 5.10 Å². The second kappa shape index (κ2) is 5.00. The van der Waals surface area contributed by atoms with Gasteiger partial charge >= 0.3 is 0 Å². The molecule has 0 aliphatic carbocycles. The van der Waals surface area contributed by atoms with E-state index >= 15 is 0 Å². The van der Waals surface area contributed by atoms with Crippen LogP contribution in [0.15, 0.2) is 53.3 Å². The van der Waals surface area contributed by atoms with E-state index in [1.807, 2.05) is 36.4 Å². The summed E-state index contributed by atoms with van der Waals surface area (Å²) < 4.78 is 7.04. The molecule has 0 saturated carbocycles. The molecule has 6 nitrogen and oxygen atoms in total. The highest BCUT2D eigenvalue weighted by Gasteiger charge is 2.10. The van der Waals surface area contributed by atoms with Crippen LogP contribution in [0.1, 0.15) is 6.92 Å². The van der Waals surface area contributed by atoms with Gasteiger partial charge in [-0.3, -0.25) is 4.79 Å². The first-order chi connectivity index (χ1) is 9.74. The molecule has 0 bridgehead atoms. The van der Waals surface area contributed by atoms with Gasteiger partial charge in [0.2, 0.25) is 5.91 Å². The number of benzene rings is 1. The van der Waals surface area contributed by atoms with Crippen LogP contribution in [0.4, 0.5) is 5.69 Å². The fourth-order valence-corrected chi connectivity index (χ4v) is 1.91. The third-order valence-electron chi connectivity index (χ3n) is 2.76. The quantitative estimate of drug-likeness (QED) is 0.792. The molecular formula is C14H12N4O2. The standard InChI is InChI=1S/C14H12N4O2/c1-10(19)16-11-4-6-12(7-5-11)18-13(9-15-17-18)14-3-2-8-20-14/h2-9H,1H3,(H,16,19). The molecule has 0 fully saturated rings. The predicted molar refractivity (Wildman–Crippen MR) is 73.4 cm³/mol. The lowest BCUT2D eigenvalue weighted by atomic mass is 10.2. The van der Waals surface area contributed by atoms with Crippen LogP contribution < -0.4 is 5.32 Å². The fourth-order valence-electron chi connectivity index (χ4n) is 1.91. The monoisotopic (exact) mass is 268 g/mol. The summed E-state index contributed by atoms with van der Waals surface area (Å²) in [6, 6.07) is 11.0. The zero-order valence-electron chi connectivity index (χ0n) is 10.8. The van der Waals surface area contributed by atoms with Gasteiger partial charge in [0.15, 0.2) is 5.76 Å². The molecule has 1 N–H and O–H groups in total. The van der Waals surface area contributed by atoms with Gasteiger partial charge < -0.3 is 9.73 Å². The van der Waals surface area contributed by atoms with Crippen LogP contribution in [0.25, 0.3) is 17.1 Å². The molecule has 6 heteroatoms. The van der Waals surface area contributed by atoms with E-state index in [-0.39, 0.29) is 5.91 Å². The third-order valence-corrected chi connectivity index (χ3v) is 2.76. The minimum Gasteiger partial charge on any atom is -0.463 e. The molecule has 0 radical (unpaired) electrons. The lowest BCUT2D eigenvalue weighted by molar-refractivity contribution is -0.114. The van der Waals surface area contributed by atoms with Crippen LogP contribution in [0, 0.1) is 0 Å². The second-order valence-corrected chi connectivity index (χ2v) is 4.24. The van der Waals surface area contributed by atoms with Crippen LogP contribution in [0.3, 0.4) is 0 Å². The van der Waals surface area contributed by atoms with Crippen molar-refractivity contribution < 1.29 is 9.21 Å². The molecule has 0 unspecified atom stereocenters. The summed E-state index contributed by atoms with van der Waals surface area (Å²) in [5, 5.41) is 10.7. The van der Waals surface area contributed by atoms with Gasteiger partial charge in [-0.2, -0.15) is 0 Å². The fraction of sp³-hybridized carbons (Fsp3) is 0.0714. The maximum Gasteiger partial charge on any atom is 0.221 e. The predicted octanol–water partition coefficient (Wildman–Crippen LogP) is 2.49. The molecule has 0 spiro atoms. The van der Waals surface area contributed by atoms with E-state index in [1.165, 1.54) is 6.92 Å². The number of amides is 1. The largest absolute Gasteiger partial charge is 0.463 e. The molecule has 3 aromatic rings. The van der Waals surface area contributed by atoms with Crippen LogP contribution in [-0.2, 0) is 4.79 Å². The Kier molecular flexibility index (Phi) is 3.04. The van der Waals surface area contributed by atoms with Gasteiger partial charge in [0.05, 0.1) is 18.1 Å². The SMILES string of the molecule is CC(=O)Nc1ccc(-n2nncc2-c2ccco2)cc1. The maximum absolute atomic E-state index is 11.0. The molecule has 0 aliphatic rings. The topological polar surface area (TPSA) is 73.0 Å². The molecule has 1 aromatic carbocycles. The van der Waals surface area contributed by atoms with Crippen molar-refractivity contribution in [2.45, 2.75) is 6.92 Å². The van der Waals surface area contributed by atoms with Crippen LogP contribution in [0.2, 0.25) is 0 Å². The first kappa shape index (κ1) is 12.2. The Morgan fingerprint density at radius 3 is 2.70 bits per heavy atom. The third kappa shape index (κ3) is 2.31. The number of aromatic nitrogens is 3. The Labute approximate surface area is 115 Å². The Hall–Kier alpha value is -2.89. The van der Waals surface area contributed by atoms with E-state index in [2.05, 4.69) is 15.6 Å². The lowest BCUT2D eigenvalue weighted by Gasteiger charge is -2.06. The molecular weight excluding hydrogens is 256 g/mol. The van der Waals surface area contributed by atoms with Gasteiger partial charge in [0.1, 0.15) is 5.69 Å². The van der Waals surface area contributed by atoms with Crippen molar-refractivity contribution in [1.82, 2.24) is 15.0 Å². The maximum atomic E-state index is 11.0. The van der Waals surface area contributed by atoms with E-state index in [0.717, 1.165) is 17.1 Å². The summed E-state index contributed by atoms with van der Waals surface area (Å²) >= 11 is 0. The van der Waals surface area contributed by atoms with E-state index in [1.54, 1.807) is 17.1 Å². The Morgan fingerprint density at radius 1 is 1.25 bits per heavy atom. The minimum absolute atomic E-state index is 0.102. The van der Waals surface area contributed by atoms with Crippen molar-refractivity contribution in [1.29, 1.82) is 0 Å². The molecule has 0 atom stereocenters. The summed E-state index contributed by atoms with van der Waals surface area (Å²) in [6.45, 7) is 1.47. The van der Waals surface area contributed by atoms with Crippen molar-refractivity contribution in [2.75, 3.05) is 5.32 Å². The van der Waals surface area contributed by atoms with Crippen LogP contribution in [0.5, 0.6) is 0 Å². The van der Waals surface area contributed by atoms with Gasteiger partial charge in [-0.05, 0) is 36.4 Å². The molecule has 0 saturated heterocycles. The lowest BCUT2D eigenvalue weighted by Crippen LogP contribution is -2.06. The van der Waals surface area contributed by atoms with Crippen molar-refractivity contribution >= 4 is 11.6 Å². The van der Waals surface area contributed by atoms with Crippen molar-refractivity contribution in [3.63, 3.8) is 0 Å². The van der Waals surface area contributed by atoms with Crippen LogP contribution in [-0.4, -0.2) is 20.9 Å². The van der Waals surface area contributed by atoms with Crippen molar-refractivity contribution in [3.05, 3.63) is 48.9 Å². The normalized spacial score (nSPS) is 10.4. The molecule has 20 heavy (non-hydrogen) atoms. The van der Waals surface area contributed by atoms with Gasteiger partial charge in [0, 0.05) is 12.6 Å². The number of rotatable bonds is 3. The number of hydrogen-bond acceptors (Lipinski definition) is 4. The first-order valence-electron chi connectivity index (χ1n) is 6.06. The highest BCUT2D eigenvalue weighted by Crippen LogP contribution is 2.22. The van der Waals surface area contributed by atoms with E-state index < -0.39 is 0 Å². The summed E-state index contributed by atoms with van der Waals surface area (Å²) in [6.07, 6.45) is 3.24. The number of hydrogen-bond donors (Lipinski definition) is 1. The number of anilines is 1. The van der Waals surface area contributed by atoms with E-state index in [9.17, 15) is 4.79 Å². The van der Waals surface area contributed by atoms with Crippen LogP contribution >= 0.6 is 0 Å². The summed E-state index contributed by atoms with van der Waals surface area (Å²) in [5.41, 5.74) is 2.34. The highest BCUT2D eigenvalue weighted by molar-refractivity contribution is 5.88. The van der Waals surface area contributed by atoms with Crippen molar-refractivity contribution in [3.8, 4) is 17.1 Å². The second-order valence-electron chi connectivity index (χ2n) is 4.24. The number of carbonyl (C=O) groups is 1. The minimum atomic E-state index is -0.102. The van der Waals surface area contributed by atoms with E-state index in [4.69, 9.17) is 4.42 Å². The molecule has 2 aromatic heterocycles. The zero-order chi connectivity index (χ0) is 13.9. The number of nitrogens with zero attached hydrogens (tertiary/aromatic N) is 3. The zero-order valence-corrected chi connectivity index (χ0v) is 10.8. The van der Waals surface area contributed by atoms with Crippen molar-refractivity contribution in [2.24, 2.45) is 0 Å². The summed E-state index contributed by atoms with van der Waals surface area (Å²) in [5.74, 6) is 0.593. The summed E-state index contributed by atoms with van der Waals surface area (Å²) in [4.78, 5) is 11.0. The van der Waals surface area contributed by atoms with E-state index in [0.29, 0.717) is 5.76 Å². The number of furan rings is 1. The molecule has 100 valence electrons. The highest BCUT2D eigenvalue weighted by atomic mass is 16.3. The molecule has 3 rings (SSSR count). The Bertz CT molecular complexity index is 714. The first-order valence-corrected chi connectivity index (χ1v) is 6.06. The van der Waals surface area contributed by atoms with Gasteiger partial charge in [-0.1, -0.05) is 5.21 Å². The summed E-state index contributed by atoms with van der Waals surface area (Å²) in [7, 11) is 0. The molecule has 2 heterocycles. The smallest absolute Gasteiger partial charge is 0.221 e. The number of nitrogens with one attached hydrogen (secondary N) is 1. The number of carbonyl (C=O) groups excluding carboxylic acids is 1. The molecule has 0 aliphatic heterocycles. The molecule has 1 amide bonds. The Balaban J connectivity index is 1.94. The Morgan fingerprint density at radius 2 is 2.05 bits per heavy atom. The van der Waals surface area contributed by atoms with Gasteiger partial charge in [0.25, 0.3) is 0 Å².